The van der Waals surface area contributed by atoms with Crippen LogP contribution in [0.4, 0.5) is 39.5 Å². The molecule has 4 rings (SSSR count). The Balaban J connectivity index is 1.41. The van der Waals surface area contributed by atoms with E-state index in [0.717, 1.165) is 6.42 Å². The van der Waals surface area contributed by atoms with Gasteiger partial charge in [0.25, 0.3) is 6.10 Å². The van der Waals surface area contributed by atoms with Gasteiger partial charge in [-0.1, -0.05) is 20.8 Å². The third-order valence-corrected chi connectivity index (χ3v) is 11.4. The Morgan fingerprint density at radius 3 is 2.12 bits per heavy atom. The summed E-state index contributed by atoms with van der Waals surface area (Å²) < 4.78 is 123. The zero-order valence-corrected chi connectivity index (χ0v) is 24.1. The molecule has 0 radical (unpaired) electrons. The molecule has 4 saturated carbocycles. The van der Waals surface area contributed by atoms with Crippen LogP contribution in [-0.2, 0) is 23.9 Å². The Hall–Kier alpha value is -2.02. The molecular weight excluding hydrogens is 599 g/mol. The smallest absolute Gasteiger partial charge is 0.456 e. The van der Waals surface area contributed by atoms with Gasteiger partial charge in [-0.05, 0) is 92.3 Å². The van der Waals surface area contributed by atoms with Gasteiger partial charge in [0.1, 0.15) is 11.9 Å². The van der Waals surface area contributed by atoms with E-state index < -0.39 is 54.5 Å². The molecule has 4 fully saturated rings. The predicted octanol–water partition coefficient (Wildman–Crippen LogP) is 7.75. The van der Waals surface area contributed by atoms with Crippen molar-refractivity contribution < 1.29 is 63.4 Å². The molecule has 0 aromatic carbocycles. The van der Waals surface area contributed by atoms with Gasteiger partial charge in [-0.2, -0.15) is 39.5 Å². The molecule has 246 valence electrons. The summed E-state index contributed by atoms with van der Waals surface area (Å²) in [4.78, 5) is 37.3. The van der Waals surface area contributed by atoms with E-state index in [9.17, 15) is 53.9 Å². The second-order valence-corrected chi connectivity index (χ2v) is 13.5. The number of halogens is 9. The Labute approximate surface area is 243 Å². The number of rotatable bonds is 6. The van der Waals surface area contributed by atoms with Crippen molar-refractivity contribution in [2.24, 2.45) is 46.3 Å². The summed E-state index contributed by atoms with van der Waals surface area (Å²) in [5.41, 5.74) is -1.09. The molecule has 0 aromatic rings. The van der Waals surface area contributed by atoms with Crippen molar-refractivity contribution in [3.8, 4) is 0 Å². The van der Waals surface area contributed by atoms with E-state index in [0.29, 0.717) is 32.1 Å². The van der Waals surface area contributed by atoms with Crippen LogP contribution in [0.5, 0.6) is 0 Å². The first kappa shape index (κ1) is 33.9. The summed E-state index contributed by atoms with van der Waals surface area (Å²) in [5, 5.41) is 0. The summed E-state index contributed by atoms with van der Waals surface area (Å²) in [6.45, 7) is 5.70. The van der Waals surface area contributed by atoms with E-state index in [-0.39, 0.29) is 66.0 Å². The molecule has 0 bridgehead atoms. The van der Waals surface area contributed by atoms with Crippen LogP contribution in [0.2, 0.25) is 0 Å². The molecule has 14 heteroatoms. The quantitative estimate of drug-likeness (QED) is 0.220. The fourth-order valence-corrected chi connectivity index (χ4v) is 9.25. The lowest BCUT2D eigenvalue weighted by atomic mass is 9.44. The molecule has 0 spiro atoms. The lowest BCUT2D eigenvalue weighted by molar-refractivity contribution is -0.313. The Bertz CT molecular complexity index is 1070. The number of carbonyl (C=O) groups is 3. The highest BCUT2D eigenvalue weighted by atomic mass is 19.4. The maximum absolute atomic E-state index is 13.9. The van der Waals surface area contributed by atoms with Crippen molar-refractivity contribution in [2.45, 2.75) is 116 Å². The molecule has 5 nitrogen and oxygen atoms in total. The number of alkyl halides is 9. The van der Waals surface area contributed by atoms with Gasteiger partial charge in [0.2, 0.25) is 0 Å². The average molecular weight is 637 g/mol. The van der Waals surface area contributed by atoms with Crippen LogP contribution in [0.15, 0.2) is 0 Å². The average Bonchev–Trinajstić information content (AvgIpc) is 3.23. The van der Waals surface area contributed by atoms with Crippen LogP contribution in [-0.4, -0.2) is 48.5 Å². The number of ether oxygens (including phenoxy) is 2. The molecular formula is C29H37F9O5. The van der Waals surface area contributed by atoms with Crippen molar-refractivity contribution in [2.75, 3.05) is 0 Å². The van der Waals surface area contributed by atoms with Gasteiger partial charge in [0.05, 0.1) is 0 Å². The van der Waals surface area contributed by atoms with Crippen molar-refractivity contribution in [1.82, 2.24) is 0 Å². The Kier molecular flexibility index (Phi) is 8.98. The Morgan fingerprint density at radius 1 is 0.907 bits per heavy atom. The monoisotopic (exact) mass is 636 g/mol. The van der Waals surface area contributed by atoms with Crippen LogP contribution in [0, 0.1) is 46.3 Å². The summed E-state index contributed by atoms with van der Waals surface area (Å²) >= 11 is 0. The van der Waals surface area contributed by atoms with Gasteiger partial charge < -0.3 is 9.47 Å². The molecule has 4 aliphatic carbocycles. The largest absolute Gasteiger partial charge is 0.490 e. The van der Waals surface area contributed by atoms with E-state index in [2.05, 4.69) is 11.7 Å². The normalized spacial score (nSPS) is 37.3. The van der Waals surface area contributed by atoms with Gasteiger partial charge in [-0.15, -0.1) is 0 Å². The van der Waals surface area contributed by atoms with E-state index in [4.69, 9.17) is 4.74 Å². The first-order chi connectivity index (χ1) is 19.6. The zero-order chi connectivity index (χ0) is 32.3. The molecule has 9 atom stereocenters. The molecule has 0 amide bonds. The summed E-state index contributed by atoms with van der Waals surface area (Å²) in [6.07, 6.45) is -18.2. The number of fused-ring (bicyclic) bond motifs is 5. The topological polar surface area (TPSA) is 69.7 Å². The number of carbonyl (C=O) groups excluding carboxylic acids is 3. The highest BCUT2D eigenvalue weighted by Crippen LogP contribution is 2.67. The standard InChI is InChI=1S/C29H37F9O5/c1-14(4-9-22(40)43-23(27(30,31)32)28(33,34)35)18-7-8-19-17-6-5-15-12-16(42-24(41)29(36,37)38)10-11-25(15,2)20(17)13-21(39)26(18,19)3/h14-20,23H,4-13H2,1-3H3/t14-,15-,16-,17+,18-,19+,20+,25+,26-/m1/s1. The van der Waals surface area contributed by atoms with Gasteiger partial charge in [0.15, 0.2) is 0 Å². The van der Waals surface area contributed by atoms with E-state index >= 15 is 0 Å². The number of hydrogen-bond acceptors (Lipinski definition) is 5. The fourth-order valence-electron chi connectivity index (χ4n) is 9.25. The maximum atomic E-state index is 13.9. The first-order valence-electron chi connectivity index (χ1n) is 14.7. The van der Waals surface area contributed by atoms with Crippen LogP contribution < -0.4 is 0 Å². The fraction of sp³-hybridized carbons (Fsp3) is 0.897. The van der Waals surface area contributed by atoms with Gasteiger partial charge >= 0.3 is 30.5 Å². The Morgan fingerprint density at radius 2 is 1.53 bits per heavy atom. The lowest BCUT2D eigenvalue weighted by Gasteiger charge is -2.60. The highest BCUT2D eigenvalue weighted by molar-refractivity contribution is 5.87. The van der Waals surface area contributed by atoms with Crippen molar-refractivity contribution >= 4 is 17.7 Å². The molecule has 0 N–H and O–H groups in total. The SMILES string of the molecule is C[C@H](CCC(=O)OC(C(F)(F)F)C(F)(F)F)[C@H]1CC[C@H]2[C@@H]3CC[C@@H]4C[C@H](OC(=O)C(F)(F)F)CC[C@]4(C)[C@H]3CC(=O)[C@]12C. The van der Waals surface area contributed by atoms with Crippen molar-refractivity contribution in [3.05, 3.63) is 0 Å². The molecule has 0 aromatic heterocycles. The molecule has 0 heterocycles. The second-order valence-electron chi connectivity index (χ2n) is 13.5. The number of ketones is 1. The molecule has 4 aliphatic rings. The van der Waals surface area contributed by atoms with Crippen LogP contribution in [0.1, 0.15) is 85.0 Å². The number of Topliss-reactive ketones (excluding diaryl/α,β-unsaturated/α-hetero) is 1. The van der Waals surface area contributed by atoms with Crippen LogP contribution in [0.3, 0.4) is 0 Å². The zero-order valence-electron chi connectivity index (χ0n) is 24.1. The van der Waals surface area contributed by atoms with Crippen LogP contribution in [0.25, 0.3) is 0 Å². The number of hydrogen-bond donors (Lipinski definition) is 0. The predicted molar refractivity (Wildman–Crippen MR) is 132 cm³/mol. The minimum Gasteiger partial charge on any atom is -0.456 e. The van der Waals surface area contributed by atoms with E-state index in [1.165, 1.54) is 0 Å². The molecule has 0 unspecified atom stereocenters. The third kappa shape index (κ3) is 6.39. The maximum Gasteiger partial charge on any atom is 0.490 e. The van der Waals surface area contributed by atoms with Crippen molar-refractivity contribution in [3.63, 3.8) is 0 Å². The lowest BCUT2D eigenvalue weighted by Crippen LogP contribution is -2.57. The second kappa shape index (κ2) is 11.4. The summed E-state index contributed by atoms with van der Waals surface area (Å²) in [7, 11) is 0. The number of esters is 2. The molecule has 0 saturated heterocycles. The summed E-state index contributed by atoms with van der Waals surface area (Å²) in [6, 6.07) is 0. The third-order valence-electron chi connectivity index (χ3n) is 11.4. The molecule has 43 heavy (non-hydrogen) atoms. The van der Waals surface area contributed by atoms with Gasteiger partial charge in [0, 0.05) is 18.3 Å². The van der Waals surface area contributed by atoms with E-state index in [1.54, 1.807) is 6.92 Å². The summed E-state index contributed by atoms with van der Waals surface area (Å²) in [5.74, 6) is -4.19. The highest BCUT2D eigenvalue weighted by Gasteiger charge is 2.64. The first-order valence-corrected chi connectivity index (χ1v) is 14.7. The van der Waals surface area contributed by atoms with Gasteiger partial charge in [-0.25, -0.2) is 4.79 Å². The van der Waals surface area contributed by atoms with E-state index in [1.807, 2.05) is 6.92 Å². The molecule has 0 aliphatic heterocycles. The van der Waals surface area contributed by atoms with Crippen molar-refractivity contribution in [1.29, 1.82) is 0 Å². The van der Waals surface area contributed by atoms with Crippen LogP contribution >= 0.6 is 0 Å². The minimum atomic E-state index is -5.79. The van der Waals surface area contributed by atoms with Gasteiger partial charge in [-0.3, -0.25) is 9.59 Å². The minimum absolute atomic E-state index is 0.00166.